The summed E-state index contributed by atoms with van der Waals surface area (Å²) in [6.45, 7) is 4.11. The molecule has 5 nitrogen and oxygen atoms in total. The first kappa shape index (κ1) is 13.6. The van der Waals surface area contributed by atoms with Crippen LogP contribution in [-0.4, -0.2) is 35.2 Å². The molecule has 2 heterocycles. The highest BCUT2D eigenvalue weighted by Crippen LogP contribution is 2.26. The lowest BCUT2D eigenvalue weighted by Crippen LogP contribution is -2.23. The Labute approximate surface area is 113 Å². The SMILES string of the molecule is CC(CCC(=O)O)Nc1cccnc1N1CCCC1. The van der Waals surface area contributed by atoms with Gasteiger partial charge in [-0.2, -0.15) is 0 Å². The maximum absolute atomic E-state index is 10.6. The summed E-state index contributed by atoms with van der Waals surface area (Å²) in [6, 6.07) is 4.05. The number of rotatable bonds is 6. The lowest BCUT2D eigenvalue weighted by atomic mass is 10.2. The molecule has 2 rings (SSSR count). The third-order valence-electron chi connectivity index (χ3n) is 3.39. The summed E-state index contributed by atoms with van der Waals surface area (Å²) in [6.07, 6.45) is 5.03. The monoisotopic (exact) mass is 263 g/mol. The predicted octanol–water partition coefficient (Wildman–Crippen LogP) is 2.35. The molecule has 0 bridgehead atoms. The van der Waals surface area contributed by atoms with Crippen LogP contribution in [0.4, 0.5) is 11.5 Å². The minimum Gasteiger partial charge on any atom is -0.481 e. The molecule has 1 aliphatic heterocycles. The van der Waals surface area contributed by atoms with Gasteiger partial charge in [0.05, 0.1) is 5.69 Å². The van der Waals surface area contributed by atoms with Crippen LogP contribution in [0.1, 0.15) is 32.6 Å². The number of hydrogen-bond acceptors (Lipinski definition) is 4. The first-order valence-corrected chi connectivity index (χ1v) is 6.85. The molecule has 0 aliphatic carbocycles. The van der Waals surface area contributed by atoms with E-state index in [1.54, 1.807) is 6.20 Å². The smallest absolute Gasteiger partial charge is 0.303 e. The number of aliphatic carboxylic acids is 1. The normalized spacial score (nSPS) is 16.4. The second-order valence-corrected chi connectivity index (χ2v) is 5.05. The van der Waals surface area contributed by atoms with Crippen LogP contribution in [0.3, 0.4) is 0 Å². The third-order valence-corrected chi connectivity index (χ3v) is 3.39. The molecular weight excluding hydrogens is 242 g/mol. The van der Waals surface area contributed by atoms with Crippen LogP contribution in [0.2, 0.25) is 0 Å². The van der Waals surface area contributed by atoms with Gasteiger partial charge in [0.25, 0.3) is 0 Å². The summed E-state index contributed by atoms with van der Waals surface area (Å²) in [7, 11) is 0. The maximum atomic E-state index is 10.6. The van der Waals surface area contributed by atoms with Crippen molar-refractivity contribution in [2.45, 2.75) is 38.6 Å². The van der Waals surface area contributed by atoms with E-state index in [1.165, 1.54) is 12.8 Å². The molecule has 0 aromatic carbocycles. The Hall–Kier alpha value is -1.78. The highest BCUT2D eigenvalue weighted by atomic mass is 16.4. The zero-order chi connectivity index (χ0) is 13.7. The van der Waals surface area contributed by atoms with Crippen LogP contribution in [0.25, 0.3) is 0 Å². The molecule has 1 aliphatic rings. The first-order chi connectivity index (χ1) is 9.16. The van der Waals surface area contributed by atoms with Crippen molar-refractivity contribution in [3.8, 4) is 0 Å². The number of carboxylic acid groups (broad SMARTS) is 1. The topological polar surface area (TPSA) is 65.5 Å². The number of carbonyl (C=O) groups is 1. The Bertz CT molecular complexity index is 430. The quantitative estimate of drug-likeness (QED) is 0.824. The maximum Gasteiger partial charge on any atom is 0.303 e. The molecule has 1 fully saturated rings. The molecule has 0 spiro atoms. The second kappa shape index (κ2) is 6.41. The number of hydrogen-bond donors (Lipinski definition) is 2. The van der Waals surface area contributed by atoms with E-state index in [0.29, 0.717) is 6.42 Å². The lowest BCUT2D eigenvalue weighted by Gasteiger charge is -2.22. The highest BCUT2D eigenvalue weighted by molar-refractivity contribution is 5.68. The zero-order valence-electron chi connectivity index (χ0n) is 11.3. The standard InChI is InChI=1S/C14H21N3O2/c1-11(6-7-13(18)19)16-12-5-4-8-15-14(12)17-9-2-3-10-17/h4-5,8,11,16H,2-3,6-7,9-10H2,1H3,(H,18,19). The van der Waals surface area contributed by atoms with E-state index < -0.39 is 5.97 Å². The van der Waals surface area contributed by atoms with Crippen LogP contribution in [-0.2, 0) is 4.79 Å². The number of nitrogens with one attached hydrogen (secondary N) is 1. The molecule has 5 heteroatoms. The van der Waals surface area contributed by atoms with Crippen molar-refractivity contribution >= 4 is 17.5 Å². The fourth-order valence-electron chi connectivity index (χ4n) is 2.37. The minimum atomic E-state index is -0.750. The van der Waals surface area contributed by atoms with Crippen molar-refractivity contribution in [3.63, 3.8) is 0 Å². The second-order valence-electron chi connectivity index (χ2n) is 5.05. The number of anilines is 2. The van der Waals surface area contributed by atoms with Gasteiger partial charge >= 0.3 is 5.97 Å². The van der Waals surface area contributed by atoms with Gasteiger partial charge in [-0.3, -0.25) is 4.79 Å². The number of aromatic nitrogens is 1. The van der Waals surface area contributed by atoms with Gasteiger partial charge < -0.3 is 15.3 Å². The van der Waals surface area contributed by atoms with Crippen LogP contribution in [0, 0.1) is 0 Å². The van der Waals surface area contributed by atoms with E-state index in [4.69, 9.17) is 5.11 Å². The van der Waals surface area contributed by atoms with Crippen LogP contribution >= 0.6 is 0 Å². The van der Waals surface area contributed by atoms with Crippen LogP contribution < -0.4 is 10.2 Å². The van der Waals surface area contributed by atoms with E-state index in [1.807, 2.05) is 19.1 Å². The lowest BCUT2D eigenvalue weighted by molar-refractivity contribution is -0.137. The average molecular weight is 263 g/mol. The molecule has 104 valence electrons. The van der Waals surface area contributed by atoms with Crippen molar-refractivity contribution < 1.29 is 9.90 Å². The molecule has 0 saturated carbocycles. The number of nitrogens with zero attached hydrogens (tertiary/aromatic N) is 2. The predicted molar refractivity (Wildman–Crippen MR) is 75.6 cm³/mol. The zero-order valence-corrected chi connectivity index (χ0v) is 11.3. The van der Waals surface area contributed by atoms with Gasteiger partial charge in [0, 0.05) is 31.7 Å². The third kappa shape index (κ3) is 3.84. The fourth-order valence-corrected chi connectivity index (χ4v) is 2.37. The summed E-state index contributed by atoms with van der Waals surface area (Å²) >= 11 is 0. The van der Waals surface area contributed by atoms with Gasteiger partial charge in [-0.15, -0.1) is 0 Å². The van der Waals surface area contributed by atoms with E-state index in [-0.39, 0.29) is 12.5 Å². The molecular formula is C14H21N3O2. The summed E-state index contributed by atoms with van der Waals surface area (Å²) in [5.41, 5.74) is 1.00. The van der Waals surface area contributed by atoms with Crippen molar-refractivity contribution in [2.24, 2.45) is 0 Å². The van der Waals surface area contributed by atoms with Crippen molar-refractivity contribution in [3.05, 3.63) is 18.3 Å². The van der Waals surface area contributed by atoms with Gasteiger partial charge in [-0.05, 0) is 38.3 Å². The van der Waals surface area contributed by atoms with Gasteiger partial charge in [-0.25, -0.2) is 4.98 Å². The van der Waals surface area contributed by atoms with E-state index in [2.05, 4.69) is 15.2 Å². The molecule has 0 radical (unpaired) electrons. The number of pyridine rings is 1. The van der Waals surface area contributed by atoms with Gasteiger partial charge in [-0.1, -0.05) is 0 Å². The molecule has 1 aromatic heterocycles. The number of carboxylic acids is 1. The average Bonchev–Trinajstić information content (AvgIpc) is 2.91. The Morgan fingerprint density at radius 3 is 2.95 bits per heavy atom. The van der Waals surface area contributed by atoms with E-state index in [0.717, 1.165) is 24.6 Å². The Morgan fingerprint density at radius 2 is 2.26 bits per heavy atom. The Morgan fingerprint density at radius 1 is 1.53 bits per heavy atom. The van der Waals surface area contributed by atoms with Crippen LogP contribution in [0.15, 0.2) is 18.3 Å². The Kier molecular flexibility index (Phi) is 4.60. The van der Waals surface area contributed by atoms with E-state index >= 15 is 0 Å². The summed E-state index contributed by atoms with van der Waals surface area (Å²) in [5.74, 6) is 0.238. The molecule has 0 amide bonds. The van der Waals surface area contributed by atoms with Gasteiger partial charge in [0.2, 0.25) is 0 Å². The van der Waals surface area contributed by atoms with Crippen molar-refractivity contribution in [1.29, 1.82) is 0 Å². The summed E-state index contributed by atoms with van der Waals surface area (Å²) in [5, 5.41) is 12.1. The summed E-state index contributed by atoms with van der Waals surface area (Å²) in [4.78, 5) is 17.3. The highest BCUT2D eigenvalue weighted by Gasteiger charge is 2.17. The largest absolute Gasteiger partial charge is 0.481 e. The van der Waals surface area contributed by atoms with Gasteiger partial charge in [0.15, 0.2) is 5.82 Å². The van der Waals surface area contributed by atoms with Crippen LogP contribution in [0.5, 0.6) is 0 Å². The van der Waals surface area contributed by atoms with E-state index in [9.17, 15) is 4.79 Å². The molecule has 19 heavy (non-hydrogen) atoms. The molecule has 1 aromatic rings. The molecule has 1 saturated heterocycles. The van der Waals surface area contributed by atoms with Gasteiger partial charge in [0.1, 0.15) is 0 Å². The van der Waals surface area contributed by atoms with Crippen molar-refractivity contribution in [2.75, 3.05) is 23.3 Å². The molecule has 1 atom stereocenters. The summed E-state index contributed by atoms with van der Waals surface area (Å²) < 4.78 is 0. The molecule has 1 unspecified atom stereocenters. The first-order valence-electron chi connectivity index (χ1n) is 6.85. The molecule has 2 N–H and O–H groups in total. The Balaban J connectivity index is 2.00. The minimum absolute atomic E-state index is 0.127. The fraction of sp³-hybridized carbons (Fsp3) is 0.571. The van der Waals surface area contributed by atoms with Crippen molar-refractivity contribution in [1.82, 2.24) is 4.98 Å².